The molecule has 0 aliphatic heterocycles. The van der Waals surface area contributed by atoms with Crippen LogP contribution in [0.5, 0.6) is 0 Å². The molecule has 24 heavy (non-hydrogen) atoms. The number of nitrogens with one attached hydrogen (secondary N) is 1. The van der Waals surface area contributed by atoms with Gasteiger partial charge in [0.1, 0.15) is 0 Å². The van der Waals surface area contributed by atoms with Gasteiger partial charge in [0.15, 0.2) is 5.16 Å². The molecule has 6 heteroatoms. The Morgan fingerprint density at radius 3 is 2.71 bits per heavy atom. The molecule has 2 rings (SSSR count). The number of rotatable bonds is 7. The number of aryl methyl sites for hydroxylation is 1. The molecule has 134 valence electrons. The number of carbonyl (C=O) groups excluding carboxylic acids is 1. The molecule has 0 spiro atoms. The summed E-state index contributed by atoms with van der Waals surface area (Å²) in [5.74, 6) is 0.0879. The Labute approximate surface area is 148 Å². The fourth-order valence-corrected chi connectivity index (χ4v) is 4.23. The van der Waals surface area contributed by atoms with Crippen LogP contribution in [0.15, 0.2) is 16.0 Å². The van der Waals surface area contributed by atoms with E-state index >= 15 is 0 Å². The molecule has 1 aromatic rings. The second kappa shape index (κ2) is 9.25. The first-order valence-electron chi connectivity index (χ1n) is 9.09. The SMILES string of the molecule is CCCC(Sc1nc(CC)cc(=O)n1C)C(=O)NC1CCCCC1. The van der Waals surface area contributed by atoms with Gasteiger partial charge in [0.25, 0.3) is 5.56 Å². The quantitative estimate of drug-likeness (QED) is 0.606. The molecule has 1 N–H and O–H groups in total. The highest BCUT2D eigenvalue weighted by Crippen LogP contribution is 2.25. The van der Waals surface area contributed by atoms with Crippen LogP contribution in [0.2, 0.25) is 0 Å². The fraction of sp³-hybridized carbons (Fsp3) is 0.722. The van der Waals surface area contributed by atoms with Crippen LogP contribution in [0.4, 0.5) is 0 Å². The molecular weight excluding hydrogens is 322 g/mol. The van der Waals surface area contributed by atoms with Gasteiger partial charge in [-0.25, -0.2) is 4.98 Å². The van der Waals surface area contributed by atoms with E-state index in [1.165, 1.54) is 31.0 Å². The van der Waals surface area contributed by atoms with E-state index in [-0.39, 0.29) is 16.7 Å². The monoisotopic (exact) mass is 351 g/mol. The zero-order valence-corrected chi connectivity index (χ0v) is 15.8. The summed E-state index contributed by atoms with van der Waals surface area (Å²) in [4.78, 5) is 29.3. The van der Waals surface area contributed by atoms with Crippen LogP contribution >= 0.6 is 11.8 Å². The first-order chi connectivity index (χ1) is 11.5. The van der Waals surface area contributed by atoms with Crippen molar-refractivity contribution in [2.45, 2.75) is 81.7 Å². The maximum absolute atomic E-state index is 12.7. The zero-order valence-electron chi connectivity index (χ0n) is 15.0. The number of hydrogen-bond donors (Lipinski definition) is 1. The molecule has 0 aromatic carbocycles. The summed E-state index contributed by atoms with van der Waals surface area (Å²) in [6.45, 7) is 4.06. The van der Waals surface area contributed by atoms with E-state index in [0.717, 1.165) is 37.8 Å². The highest BCUT2D eigenvalue weighted by atomic mass is 32.2. The molecule has 0 radical (unpaired) electrons. The zero-order chi connectivity index (χ0) is 17.5. The Hall–Kier alpha value is -1.30. The Bertz CT molecular complexity index is 609. The highest BCUT2D eigenvalue weighted by Gasteiger charge is 2.24. The minimum absolute atomic E-state index is 0.0627. The van der Waals surface area contributed by atoms with Crippen molar-refractivity contribution in [1.29, 1.82) is 0 Å². The molecule has 1 aliphatic rings. The molecule has 1 fully saturated rings. The molecule has 1 amide bonds. The van der Waals surface area contributed by atoms with Crippen LogP contribution in [0.3, 0.4) is 0 Å². The Morgan fingerprint density at radius 2 is 2.08 bits per heavy atom. The van der Waals surface area contributed by atoms with Gasteiger partial charge in [0.05, 0.1) is 5.25 Å². The van der Waals surface area contributed by atoms with Crippen LogP contribution < -0.4 is 10.9 Å². The minimum atomic E-state index is -0.192. The lowest BCUT2D eigenvalue weighted by Crippen LogP contribution is -2.41. The lowest BCUT2D eigenvalue weighted by Gasteiger charge is -2.25. The Morgan fingerprint density at radius 1 is 1.38 bits per heavy atom. The number of aromatic nitrogens is 2. The van der Waals surface area contributed by atoms with E-state index in [1.54, 1.807) is 17.7 Å². The minimum Gasteiger partial charge on any atom is -0.352 e. The summed E-state index contributed by atoms with van der Waals surface area (Å²) in [5.41, 5.74) is 0.718. The number of hydrogen-bond acceptors (Lipinski definition) is 4. The van der Waals surface area contributed by atoms with Gasteiger partial charge in [0, 0.05) is 24.8 Å². The lowest BCUT2D eigenvalue weighted by molar-refractivity contribution is -0.121. The van der Waals surface area contributed by atoms with E-state index in [4.69, 9.17) is 0 Å². The highest BCUT2D eigenvalue weighted by molar-refractivity contribution is 8.00. The molecule has 1 heterocycles. The summed E-state index contributed by atoms with van der Waals surface area (Å²) < 4.78 is 1.54. The topological polar surface area (TPSA) is 64.0 Å². The molecule has 1 aliphatic carbocycles. The maximum Gasteiger partial charge on any atom is 0.254 e. The number of nitrogens with zero attached hydrogens (tertiary/aromatic N) is 2. The van der Waals surface area contributed by atoms with Crippen molar-refractivity contribution < 1.29 is 4.79 Å². The third-order valence-corrected chi connectivity index (χ3v) is 5.86. The largest absolute Gasteiger partial charge is 0.352 e. The average molecular weight is 352 g/mol. The average Bonchev–Trinajstić information content (AvgIpc) is 2.59. The summed E-state index contributed by atoms with van der Waals surface area (Å²) in [6, 6.07) is 1.88. The predicted molar refractivity (Wildman–Crippen MR) is 98.4 cm³/mol. The predicted octanol–water partition coefficient (Wildman–Crippen LogP) is 3.05. The van der Waals surface area contributed by atoms with Crippen molar-refractivity contribution in [3.63, 3.8) is 0 Å². The van der Waals surface area contributed by atoms with E-state index in [9.17, 15) is 9.59 Å². The molecular formula is C18H29N3O2S. The molecule has 1 saturated carbocycles. The third-order valence-electron chi connectivity index (χ3n) is 4.55. The van der Waals surface area contributed by atoms with E-state index in [0.29, 0.717) is 11.2 Å². The van der Waals surface area contributed by atoms with E-state index in [2.05, 4.69) is 17.2 Å². The van der Waals surface area contributed by atoms with Crippen LogP contribution in [0.1, 0.15) is 64.5 Å². The maximum atomic E-state index is 12.7. The number of thioether (sulfide) groups is 1. The number of carbonyl (C=O) groups is 1. The van der Waals surface area contributed by atoms with Gasteiger partial charge in [-0.2, -0.15) is 0 Å². The van der Waals surface area contributed by atoms with Gasteiger partial charge in [-0.1, -0.05) is 51.3 Å². The van der Waals surface area contributed by atoms with Gasteiger partial charge < -0.3 is 5.32 Å². The molecule has 0 bridgehead atoms. The van der Waals surface area contributed by atoms with Crippen molar-refractivity contribution in [2.75, 3.05) is 0 Å². The van der Waals surface area contributed by atoms with Crippen LogP contribution in [0.25, 0.3) is 0 Å². The summed E-state index contributed by atoms with van der Waals surface area (Å²) in [7, 11) is 1.72. The normalized spacial score (nSPS) is 16.8. The number of amides is 1. The van der Waals surface area contributed by atoms with Crippen molar-refractivity contribution in [3.05, 3.63) is 22.1 Å². The summed E-state index contributed by atoms with van der Waals surface area (Å²) in [6.07, 6.45) is 8.27. The molecule has 5 nitrogen and oxygen atoms in total. The third kappa shape index (κ3) is 5.10. The molecule has 0 saturated heterocycles. The second-order valence-electron chi connectivity index (χ2n) is 6.52. The molecule has 1 atom stereocenters. The van der Waals surface area contributed by atoms with Gasteiger partial charge in [-0.3, -0.25) is 14.2 Å². The van der Waals surface area contributed by atoms with Crippen LogP contribution in [-0.2, 0) is 18.3 Å². The van der Waals surface area contributed by atoms with Crippen LogP contribution in [-0.4, -0.2) is 26.8 Å². The summed E-state index contributed by atoms with van der Waals surface area (Å²) in [5, 5.41) is 3.66. The first-order valence-corrected chi connectivity index (χ1v) is 9.97. The van der Waals surface area contributed by atoms with Gasteiger partial charge in [0.2, 0.25) is 5.91 Å². The van der Waals surface area contributed by atoms with Gasteiger partial charge in [-0.15, -0.1) is 0 Å². The van der Waals surface area contributed by atoms with Crippen molar-refractivity contribution in [1.82, 2.24) is 14.9 Å². The fourth-order valence-electron chi connectivity index (χ4n) is 3.02. The van der Waals surface area contributed by atoms with Crippen molar-refractivity contribution in [2.24, 2.45) is 7.05 Å². The van der Waals surface area contributed by atoms with Crippen LogP contribution in [0, 0.1) is 0 Å². The molecule has 1 aromatic heterocycles. The standard InChI is InChI=1S/C18H29N3O2S/c1-4-9-15(17(23)19-14-10-7-6-8-11-14)24-18-20-13(5-2)12-16(22)21(18)3/h12,14-15H,4-11H2,1-3H3,(H,19,23). The van der Waals surface area contributed by atoms with Gasteiger partial charge >= 0.3 is 0 Å². The summed E-state index contributed by atoms with van der Waals surface area (Å²) >= 11 is 1.42. The lowest BCUT2D eigenvalue weighted by atomic mass is 9.95. The smallest absolute Gasteiger partial charge is 0.254 e. The Balaban J connectivity index is 2.11. The molecule has 1 unspecified atom stereocenters. The van der Waals surface area contributed by atoms with Crippen molar-refractivity contribution in [3.8, 4) is 0 Å². The van der Waals surface area contributed by atoms with E-state index in [1.807, 2.05) is 6.92 Å². The second-order valence-corrected chi connectivity index (χ2v) is 7.69. The Kier molecular flexibility index (Phi) is 7.34. The van der Waals surface area contributed by atoms with Gasteiger partial charge in [-0.05, 0) is 25.7 Å². The van der Waals surface area contributed by atoms with E-state index < -0.39 is 0 Å². The first kappa shape index (κ1) is 19.0. The van der Waals surface area contributed by atoms with Crippen molar-refractivity contribution >= 4 is 17.7 Å².